The fraction of sp³-hybridized carbons (Fsp3) is 0.286. The first kappa shape index (κ1) is 15.5. The first-order valence-corrected chi connectivity index (χ1v) is 7.72. The third-order valence-corrected chi connectivity index (χ3v) is 5.21. The molecule has 0 unspecified atom stereocenters. The largest absolute Gasteiger partial charge is 0.469 e. The standard InChI is InChI=1S/C14H17FN2O3S/c1-9-13(15)6-12(7-14(9)16)21(18,19)17(3)8-11-4-5-20-10(11)2/h4-7H,8,16H2,1-3H3. The van der Waals surface area contributed by atoms with Crippen molar-refractivity contribution in [3.05, 3.63) is 47.2 Å². The predicted octanol–water partition coefficient (Wildman–Crippen LogP) is 2.44. The molecule has 7 heteroatoms. The zero-order valence-corrected chi connectivity index (χ0v) is 12.9. The van der Waals surface area contributed by atoms with E-state index in [1.807, 2.05) is 0 Å². The van der Waals surface area contributed by atoms with Crippen molar-refractivity contribution < 1.29 is 17.2 Å². The molecular weight excluding hydrogens is 295 g/mol. The van der Waals surface area contributed by atoms with Gasteiger partial charge < -0.3 is 10.2 Å². The Morgan fingerprint density at radius 2 is 2.00 bits per heavy atom. The number of sulfonamides is 1. The summed E-state index contributed by atoms with van der Waals surface area (Å²) >= 11 is 0. The predicted molar refractivity (Wildman–Crippen MR) is 77.6 cm³/mol. The van der Waals surface area contributed by atoms with Gasteiger partial charge in [-0.3, -0.25) is 0 Å². The van der Waals surface area contributed by atoms with Gasteiger partial charge in [-0.2, -0.15) is 4.31 Å². The van der Waals surface area contributed by atoms with Gasteiger partial charge in [-0.05, 0) is 32.0 Å². The molecule has 0 bridgehead atoms. The maximum absolute atomic E-state index is 13.7. The highest BCUT2D eigenvalue weighted by Gasteiger charge is 2.23. The molecule has 5 nitrogen and oxygen atoms in total. The van der Waals surface area contributed by atoms with E-state index in [4.69, 9.17) is 10.2 Å². The molecule has 1 aromatic carbocycles. The molecule has 21 heavy (non-hydrogen) atoms. The highest BCUT2D eigenvalue weighted by atomic mass is 32.2. The number of nitrogens with zero attached hydrogens (tertiary/aromatic N) is 1. The van der Waals surface area contributed by atoms with Gasteiger partial charge >= 0.3 is 0 Å². The van der Waals surface area contributed by atoms with Crippen LogP contribution < -0.4 is 5.73 Å². The van der Waals surface area contributed by atoms with Crippen LogP contribution in [0.5, 0.6) is 0 Å². The van der Waals surface area contributed by atoms with Gasteiger partial charge in [-0.15, -0.1) is 0 Å². The minimum atomic E-state index is -3.82. The van der Waals surface area contributed by atoms with Crippen LogP contribution in [0.2, 0.25) is 0 Å². The Hall–Kier alpha value is -1.86. The third-order valence-electron chi connectivity index (χ3n) is 3.43. The lowest BCUT2D eigenvalue weighted by molar-refractivity contribution is 0.458. The minimum absolute atomic E-state index is 0.112. The molecule has 2 aromatic rings. The van der Waals surface area contributed by atoms with E-state index in [-0.39, 0.29) is 22.7 Å². The average molecular weight is 312 g/mol. The van der Waals surface area contributed by atoms with Crippen molar-refractivity contribution in [1.82, 2.24) is 4.31 Å². The van der Waals surface area contributed by atoms with Gasteiger partial charge in [0.05, 0.1) is 11.2 Å². The second-order valence-corrected chi connectivity index (χ2v) is 6.93. The first-order valence-electron chi connectivity index (χ1n) is 6.28. The van der Waals surface area contributed by atoms with Gasteiger partial charge in [-0.1, -0.05) is 0 Å². The van der Waals surface area contributed by atoms with Crippen LogP contribution in [0.4, 0.5) is 10.1 Å². The van der Waals surface area contributed by atoms with E-state index in [1.54, 1.807) is 13.0 Å². The van der Waals surface area contributed by atoms with E-state index in [0.717, 1.165) is 15.9 Å². The number of aryl methyl sites for hydroxylation is 1. The molecule has 0 aliphatic heterocycles. The van der Waals surface area contributed by atoms with Crippen LogP contribution in [0.25, 0.3) is 0 Å². The van der Waals surface area contributed by atoms with Crippen molar-refractivity contribution >= 4 is 15.7 Å². The molecule has 2 N–H and O–H groups in total. The molecule has 0 aliphatic rings. The van der Waals surface area contributed by atoms with Crippen LogP contribution in [0, 0.1) is 19.7 Å². The molecular formula is C14H17FN2O3S. The number of furan rings is 1. The fourth-order valence-corrected chi connectivity index (χ4v) is 3.10. The zero-order valence-electron chi connectivity index (χ0n) is 12.1. The van der Waals surface area contributed by atoms with E-state index in [9.17, 15) is 12.8 Å². The van der Waals surface area contributed by atoms with Gasteiger partial charge in [-0.25, -0.2) is 12.8 Å². The SMILES string of the molecule is Cc1occc1CN(C)S(=O)(=O)c1cc(N)c(C)c(F)c1. The molecule has 0 amide bonds. The Morgan fingerprint density at radius 1 is 1.33 bits per heavy atom. The van der Waals surface area contributed by atoms with E-state index < -0.39 is 15.8 Å². The topological polar surface area (TPSA) is 76.5 Å². The molecule has 1 aromatic heterocycles. The summed E-state index contributed by atoms with van der Waals surface area (Å²) in [6.07, 6.45) is 1.49. The van der Waals surface area contributed by atoms with E-state index in [1.165, 1.54) is 26.3 Å². The minimum Gasteiger partial charge on any atom is -0.469 e. The lowest BCUT2D eigenvalue weighted by Gasteiger charge is -2.17. The fourth-order valence-electron chi connectivity index (χ4n) is 1.90. The summed E-state index contributed by atoms with van der Waals surface area (Å²) in [5.74, 6) is 0.00752. The van der Waals surface area contributed by atoms with E-state index >= 15 is 0 Å². The number of hydrogen-bond acceptors (Lipinski definition) is 4. The molecule has 0 fully saturated rings. The Balaban J connectivity index is 2.35. The van der Waals surface area contributed by atoms with Crippen LogP contribution in [-0.2, 0) is 16.6 Å². The van der Waals surface area contributed by atoms with Gasteiger partial charge in [0.15, 0.2) is 0 Å². The van der Waals surface area contributed by atoms with Gasteiger partial charge in [0.2, 0.25) is 10.0 Å². The second kappa shape index (κ2) is 5.50. The van der Waals surface area contributed by atoms with Crippen molar-refractivity contribution in [2.75, 3.05) is 12.8 Å². The molecule has 0 aliphatic carbocycles. The number of anilines is 1. The van der Waals surface area contributed by atoms with Gasteiger partial charge in [0.25, 0.3) is 0 Å². The molecule has 0 atom stereocenters. The van der Waals surface area contributed by atoms with E-state index in [2.05, 4.69) is 0 Å². The first-order chi connectivity index (χ1) is 9.73. The molecule has 0 spiro atoms. The Kier molecular flexibility index (Phi) is 4.06. The molecule has 2 rings (SSSR count). The monoisotopic (exact) mass is 312 g/mol. The van der Waals surface area contributed by atoms with Crippen LogP contribution in [-0.4, -0.2) is 19.8 Å². The second-order valence-electron chi connectivity index (χ2n) is 4.88. The molecule has 0 saturated carbocycles. The van der Waals surface area contributed by atoms with Crippen LogP contribution in [0.15, 0.2) is 33.8 Å². The summed E-state index contributed by atoms with van der Waals surface area (Å²) in [6, 6.07) is 3.96. The van der Waals surface area contributed by atoms with Gasteiger partial charge in [0.1, 0.15) is 11.6 Å². The maximum Gasteiger partial charge on any atom is 0.243 e. The number of halogens is 1. The summed E-state index contributed by atoms with van der Waals surface area (Å²) in [4.78, 5) is -0.160. The lowest BCUT2D eigenvalue weighted by atomic mass is 10.2. The normalized spacial score (nSPS) is 12.0. The Morgan fingerprint density at radius 3 is 2.52 bits per heavy atom. The smallest absolute Gasteiger partial charge is 0.243 e. The van der Waals surface area contributed by atoms with Crippen molar-refractivity contribution in [3.63, 3.8) is 0 Å². The quantitative estimate of drug-likeness (QED) is 0.880. The molecule has 114 valence electrons. The molecule has 0 radical (unpaired) electrons. The number of nitrogens with two attached hydrogens (primary N) is 1. The summed E-state index contributed by atoms with van der Waals surface area (Å²) in [6.45, 7) is 3.39. The number of rotatable bonds is 4. The number of nitrogen functional groups attached to an aromatic ring is 1. The van der Waals surface area contributed by atoms with Crippen molar-refractivity contribution in [2.45, 2.75) is 25.3 Å². The lowest BCUT2D eigenvalue weighted by Crippen LogP contribution is -2.27. The van der Waals surface area contributed by atoms with Crippen molar-refractivity contribution in [1.29, 1.82) is 0 Å². The molecule has 0 saturated heterocycles. The van der Waals surface area contributed by atoms with Crippen LogP contribution >= 0.6 is 0 Å². The summed E-state index contributed by atoms with van der Waals surface area (Å²) in [5.41, 5.74) is 6.74. The summed E-state index contributed by atoms with van der Waals surface area (Å²) in [7, 11) is -2.40. The zero-order chi connectivity index (χ0) is 15.8. The van der Waals surface area contributed by atoms with E-state index in [0.29, 0.717) is 5.76 Å². The van der Waals surface area contributed by atoms with Gasteiger partial charge in [0, 0.05) is 30.4 Å². The Labute approximate surface area is 123 Å². The number of hydrogen-bond donors (Lipinski definition) is 1. The van der Waals surface area contributed by atoms with Crippen LogP contribution in [0.3, 0.4) is 0 Å². The third kappa shape index (κ3) is 2.93. The van der Waals surface area contributed by atoms with Crippen LogP contribution in [0.1, 0.15) is 16.9 Å². The molecule has 1 heterocycles. The van der Waals surface area contributed by atoms with Crippen molar-refractivity contribution in [3.8, 4) is 0 Å². The maximum atomic E-state index is 13.7. The highest BCUT2D eigenvalue weighted by Crippen LogP contribution is 2.24. The average Bonchev–Trinajstić information content (AvgIpc) is 2.80. The summed E-state index contributed by atoms with van der Waals surface area (Å²) < 4.78 is 44.9. The van der Waals surface area contributed by atoms with Crippen molar-refractivity contribution in [2.24, 2.45) is 0 Å². The summed E-state index contributed by atoms with van der Waals surface area (Å²) in [5, 5.41) is 0. The highest BCUT2D eigenvalue weighted by molar-refractivity contribution is 7.89. The Bertz CT molecular complexity index is 745. The number of benzene rings is 1.